The van der Waals surface area contributed by atoms with Crippen LogP contribution in [0.5, 0.6) is 0 Å². The average molecular weight is 297 g/mol. The van der Waals surface area contributed by atoms with Crippen LogP contribution in [0.15, 0.2) is 47.0 Å². The fourth-order valence-corrected chi connectivity index (χ4v) is 2.07. The summed E-state index contributed by atoms with van der Waals surface area (Å²) in [4.78, 5) is 15.9. The minimum Gasteiger partial charge on any atom is -0.461 e. The zero-order valence-electron chi connectivity index (χ0n) is 12.3. The Hall–Kier alpha value is -2.89. The van der Waals surface area contributed by atoms with Gasteiger partial charge in [-0.15, -0.1) is 0 Å². The number of carbonyl (C=O) groups excluding carboxylic acids is 1. The maximum absolute atomic E-state index is 11.7. The lowest BCUT2D eigenvalue weighted by molar-refractivity contribution is 0.0519. The molecular weight excluding hydrogens is 282 g/mol. The van der Waals surface area contributed by atoms with E-state index in [0.717, 1.165) is 11.3 Å². The van der Waals surface area contributed by atoms with Gasteiger partial charge in [0.25, 0.3) is 0 Å². The molecule has 0 bridgehead atoms. The Kier molecular flexibility index (Phi) is 3.74. The van der Waals surface area contributed by atoms with E-state index in [1.165, 1.54) is 4.68 Å². The van der Waals surface area contributed by atoms with Crippen molar-refractivity contribution in [2.75, 3.05) is 6.61 Å². The van der Waals surface area contributed by atoms with Gasteiger partial charge >= 0.3 is 12.0 Å². The van der Waals surface area contributed by atoms with Gasteiger partial charge in [-0.05, 0) is 19.9 Å². The summed E-state index contributed by atoms with van der Waals surface area (Å²) < 4.78 is 12.2. The van der Waals surface area contributed by atoms with Crippen molar-refractivity contribution in [3.8, 4) is 17.3 Å². The molecule has 3 rings (SSSR count). The molecule has 0 aliphatic carbocycles. The van der Waals surface area contributed by atoms with Gasteiger partial charge in [0.15, 0.2) is 11.5 Å². The number of aromatic nitrogens is 3. The van der Waals surface area contributed by atoms with E-state index in [2.05, 4.69) is 10.1 Å². The maximum atomic E-state index is 11.7. The molecule has 0 aliphatic rings. The molecule has 2 heterocycles. The molecule has 0 atom stereocenters. The molecule has 0 unspecified atom stereocenters. The molecule has 3 aromatic rings. The standard InChI is InChI=1S/C16H15N3O3/c1-3-21-15(20)13-9-11(2)19(18-13)16-17-10-14(22-16)12-7-5-4-6-8-12/h4-10H,3H2,1-2H3. The van der Waals surface area contributed by atoms with Gasteiger partial charge in [-0.25, -0.2) is 4.79 Å². The number of carbonyl (C=O) groups is 1. The average Bonchev–Trinajstić information content (AvgIpc) is 3.15. The molecule has 0 spiro atoms. The van der Waals surface area contributed by atoms with Gasteiger partial charge in [0.1, 0.15) is 0 Å². The SMILES string of the molecule is CCOC(=O)c1cc(C)n(-c2ncc(-c3ccccc3)o2)n1. The van der Waals surface area contributed by atoms with E-state index in [-0.39, 0.29) is 5.69 Å². The highest BCUT2D eigenvalue weighted by molar-refractivity contribution is 5.87. The smallest absolute Gasteiger partial charge is 0.358 e. The zero-order valence-corrected chi connectivity index (χ0v) is 12.3. The van der Waals surface area contributed by atoms with E-state index in [9.17, 15) is 4.79 Å². The van der Waals surface area contributed by atoms with Crippen molar-refractivity contribution in [2.24, 2.45) is 0 Å². The summed E-state index contributed by atoms with van der Waals surface area (Å²) in [7, 11) is 0. The van der Waals surface area contributed by atoms with Crippen LogP contribution in [0.25, 0.3) is 17.3 Å². The predicted molar refractivity (Wildman–Crippen MR) is 79.8 cm³/mol. The third kappa shape index (κ3) is 2.63. The Bertz CT molecular complexity index is 790. The minimum atomic E-state index is -0.459. The number of esters is 1. The van der Waals surface area contributed by atoms with Crippen molar-refractivity contribution < 1.29 is 13.9 Å². The van der Waals surface area contributed by atoms with Crippen LogP contribution in [0.1, 0.15) is 23.1 Å². The van der Waals surface area contributed by atoms with Crippen LogP contribution in [0.2, 0.25) is 0 Å². The second kappa shape index (κ2) is 5.85. The topological polar surface area (TPSA) is 70.2 Å². The van der Waals surface area contributed by atoms with E-state index in [1.54, 1.807) is 19.2 Å². The lowest BCUT2D eigenvalue weighted by atomic mass is 10.2. The van der Waals surface area contributed by atoms with Gasteiger partial charge in [0.05, 0.1) is 12.8 Å². The van der Waals surface area contributed by atoms with Gasteiger partial charge in [0, 0.05) is 11.3 Å². The summed E-state index contributed by atoms with van der Waals surface area (Å²) in [5, 5.41) is 4.19. The van der Waals surface area contributed by atoms with Crippen LogP contribution in [0.4, 0.5) is 0 Å². The Morgan fingerprint density at radius 1 is 1.32 bits per heavy atom. The lowest BCUT2D eigenvalue weighted by Gasteiger charge is -1.98. The minimum absolute atomic E-state index is 0.235. The normalized spacial score (nSPS) is 10.6. The summed E-state index contributed by atoms with van der Waals surface area (Å²) in [5.41, 5.74) is 1.90. The van der Waals surface area contributed by atoms with Gasteiger partial charge in [0.2, 0.25) is 0 Å². The molecule has 0 N–H and O–H groups in total. The number of oxazole rings is 1. The van der Waals surface area contributed by atoms with Gasteiger partial charge in [-0.3, -0.25) is 0 Å². The van der Waals surface area contributed by atoms with E-state index in [1.807, 2.05) is 37.3 Å². The van der Waals surface area contributed by atoms with Crippen LogP contribution < -0.4 is 0 Å². The molecule has 0 saturated heterocycles. The van der Waals surface area contributed by atoms with E-state index < -0.39 is 5.97 Å². The van der Waals surface area contributed by atoms with Crippen molar-refractivity contribution in [2.45, 2.75) is 13.8 Å². The number of benzene rings is 1. The first kappa shape index (κ1) is 14.1. The summed E-state index contributed by atoms with van der Waals surface area (Å²) in [6.07, 6.45) is 1.63. The van der Waals surface area contributed by atoms with E-state index >= 15 is 0 Å². The summed E-state index contributed by atoms with van der Waals surface area (Å²) in [6.45, 7) is 3.88. The highest BCUT2D eigenvalue weighted by atomic mass is 16.5. The Morgan fingerprint density at radius 2 is 2.09 bits per heavy atom. The molecule has 6 nitrogen and oxygen atoms in total. The first-order valence-corrected chi connectivity index (χ1v) is 6.94. The number of hydrogen-bond donors (Lipinski definition) is 0. The number of ether oxygens (including phenoxy) is 1. The Balaban J connectivity index is 1.92. The highest BCUT2D eigenvalue weighted by Crippen LogP contribution is 2.22. The first-order chi connectivity index (χ1) is 10.7. The summed E-state index contributed by atoms with van der Waals surface area (Å²) in [5.74, 6) is 0.183. The third-order valence-corrected chi connectivity index (χ3v) is 3.10. The monoisotopic (exact) mass is 297 g/mol. The lowest BCUT2D eigenvalue weighted by Crippen LogP contribution is -2.06. The van der Waals surface area contributed by atoms with Crippen LogP contribution in [0.3, 0.4) is 0 Å². The van der Waals surface area contributed by atoms with Gasteiger partial charge in [-0.1, -0.05) is 30.3 Å². The van der Waals surface area contributed by atoms with Crippen LogP contribution >= 0.6 is 0 Å². The van der Waals surface area contributed by atoms with Crippen molar-refractivity contribution in [3.05, 3.63) is 54.0 Å². The molecule has 1 aromatic carbocycles. The van der Waals surface area contributed by atoms with Crippen molar-refractivity contribution >= 4 is 5.97 Å². The zero-order chi connectivity index (χ0) is 15.5. The molecule has 0 fully saturated rings. The maximum Gasteiger partial charge on any atom is 0.358 e. The molecule has 22 heavy (non-hydrogen) atoms. The van der Waals surface area contributed by atoms with Gasteiger partial charge in [-0.2, -0.15) is 14.8 Å². The molecule has 6 heteroatoms. The predicted octanol–water partition coefficient (Wildman–Crippen LogP) is 3.01. The molecule has 112 valence electrons. The summed E-state index contributed by atoms with van der Waals surface area (Å²) >= 11 is 0. The second-order valence-corrected chi connectivity index (χ2v) is 4.68. The molecule has 0 amide bonds. The van der Waals surface area contributed by atoms with Gasteiger partial charge < -0.3 is 9.15 Å². The highest BCUT2D eigenvalue weighted by Gasteiger charge is 2.17. The molecule has 0 saturated carbocycles. The Morgan fingerprint density at radius 3 is 2.82 bits per heavy atom. The number of aryl methyl sites for hydroxylation is 1. The number of hydrogen-bond acceptors (Lipinski definition) is 5. The van der Waals surface area contributed by atoms with Crippen LogP contribution in [0, 0.1) is 6.92 Å². The first-order valence-electron chi connectivity index (χ1n) is 6.94. The van der Waals surface area contributed by atoms with Crippen LogP contribution in [-0.2, 0) is 4.74 Å². The van der Waals surface area contributed by atoms with Crippen LogP contribution in [-0.4, -0.2) is 27.3 Å². The van der Waals surface area contributed by atoms with Crippen molar-refractivity contribution in [1.82, 2.24) is 14.8 Å². The van der Waals surface area contributed by atoms with E-state index in [4.69, 9.17) is 9.15 Å². The second-order valence-electron chi connectivity index (χ2n) is 4.68. The molecule has 0 radical (unpaired) electrons. The molecule has 0 aliphatic heterocycles. The van der Waals surface area contributed by atoms with E-state index in [0.29, 0.717) is 18.4 Å². The summed E-state index contributed by atoms with van der Waals surface area (Å²) in [6, 6.07) is 11.6. The fourth-order valence-electron chi connectivity index (χ4n) is 2.07. The quantitative estimate of drug-likeness (QED) is 0.692. The van der Waals surface area contributed by atoms with Crippen molar-refractivity contribution in [3.63, 3.8) is 0 Å². The fraction of sp³-hybridized carbons (Fsp3) is 0.188. The third-order valence-electron chi connectivity index (χ3n) is 3.10. The number of rotatable bonds is 4. The van der Waals surface area contributed by atoms with Crippen molar-refractivity contribution in [1.29, 1.82) is 0 Å². The molecular formula is C16H15N3O3. The Labute approximate surface area is 127 Å². The largest absolute Gasteiger partial charge is 0.461 e. The number of nitrogens with zero attached hydrogens (tertiary/aromatic N) is 3. The molecule has 2 aromatic heterocycles.